The molecule has 7 nitrogen and oxygen atoms in total. The van der Waals surface area contributed by atoms with Gasteiger partial charge in [-0.05, 0) is 32.0 Å². The first-order valence-electron chi connectivity index (χ1n) is 8.76. The number of nitrogens with zero attached hydrogens (tertiary/aromatic N) is 3. The molecule has 25 heavy (non-hydrogen) atoms. The first-order chi connectivity index (χ1) is 12.3. The van der Waals surface area contributed by atoms with Gasteiger partial charge >= 0.3 is 5.97 Å². The number of esters is 1. The number of morpholine rings is 1. The van der Waals surface area contributed by atoms with E-state index in [-0.39, 0.29) is 5.82 Å². The Morgan fingerprint density at radius 1 is 1.28 bits per heavy atom. The molecular weight excluding hydrogens is 320 g/mol. The van der Waals surface area contributed by atoms with Crippen LogP contribution in [0.3, 0.4) is 0 Å². The van der Waals surface area contributed by atoms with Gasteiger partial charge < -0.3 is 14.8 Å². The molecule has 1 N–H and O–H groups in total. The Balaban J connectivity index is 1.67. The normalized spacial score (nSPS) is 15.2. The zero-order valence-electron chi connectivity index (χ0n) is 14.5. The Labute approximate surface area is 147 Å². The molecule has 0 atom stereocenters. The summed E-state index contributed by atoms with van der Waals surface area (Å²) < 4.78 is 10.4. The van der Waals surface area contributed by atoms with Crippen LogP contribution >= 0.6 is 0 Å². The molecule has 2 heterocycles. The van der Waals surface area contributed by atoms with Gasteiger partial charge in [-0.1, -0.05) is 12.1 Å². The number of hydrogen-bond donors (Lipinski definition) is 1. The number of ether oxygens (including phenoxy) is 2. The molecule has 134 valence electrons. The third-order valence-electron chi connectivity index (χ3n) is 4.11. The van der Waals surface area contributed by atoms with Crippen molar-refractivity contribution in [2.45, 2.75) is 13.3 Å². The third-order valence-corrected chi connectivity index (χ3v) is 4.11. The van der Waals surface area contributed by atoms with Crippen LogP contribution < -0.4 is 5.32 Å². The number of carbonyl (C=O) groups excluding carboxylic acids is 1. The molecule has 3 rings (SSSR count). The fourth-order valence-electron chi connectivity index (χ4n) is 2.83. The molecule has 1 saturated heterocycles. The monoisotopic (exact) mass is 344 g/mol. The average Bonchev–Trinajstić information content (AvgIpc) is 2.66. The smallest absolute Gasteiger partial charge is 0.376 e. The number of aromatic nitrogens is 2. The fraction of sp³-hybridized carbons (Fsp3) is 0.500. The van der Waals surface area contributed by atoms with Crippen LogP contribution in [0.25, 0.3) is 10.9 Å². The summed E-state index contributed by atoms with van der Waals surface area (Å²) in [4.78, 5) is 23.1. The number of fused-ring (bicyclic) bond motifs is 1. The van der Waals surface area contributed by atoms with Gasteiger partial charge in [-0.3, -0.25) is 4.90 Å². The second-order valence-electron chi connectivity index (χ2n) is 5.87. The molecule has 1 fully saturated rings. The van der Waals surface area contributed by atoms with Crippen LogP contribution in [0.15, 0.2) is 24.3 Å². The summed E-state index contributed by atoms with van der Waals surface area (Å²) >= 11 is 0. The number of nitrogens with one attached hydrogen (secondary N) is 1. The predicted octanol–water partition coefficient (Wildman–Crippen LogP) is 1.94. The van der Waals surface area contributed by atoms with E-state index in [9.17, 15) is 4.79 Å². The summed E-state index contributed by atoms with van der Waals surface area (Å²) in [6.45, 7) is 7.47. The number of carbonyl (C=O) groups is 1. The van der Waals surface area contributed by atoms with Crippen LogP contribution in [0.2, 0.25) is 0 Å². The standard InChI is InChI=1S/C18H24N4O3/c1-2-25-18(23)17-20-15-7-4-3-6-14(15)16(21-17)19-8-5-9-22-10-12-24-13-11-22/h3-4,6-7H,2,5,8-13H2,1H3,(H,19,20,21). The molecule has 0 spiro atoms. The number of rotatable bonds is 7. The summed E-state index contributed by atoms with van der Waals surface area (Å²) in [5.74, 6) is 0.275. The molecule has 0 radical (unpaired) electrons. The lowest BCUT2D eigenvalue weighted by atomic mass is 10.2. The van der Waals surface area contributed by atoms with Gasteiger partial charge in [0.05, 0.1) is 25.3 Å². The minimum Gasteiger partial charge on any atom is -0.460 e. The minimum absolute atomic E-state index is 0.0937. The second-order valence-corrected chi connectivity index (χ2v) is 5.87. The summed E-state index contributed by atoms with van der Waals surface area (Å²) in [7, 11) is 0. The summed E-state index contributed by atoms with van der Waals surface area (Å²) in [6, 6.07) is 7.66. The van der Waals surface area contributed by atoms with Crippen molar-refractivity contribution in [2.24, 2.45) is 0 Å². The van der Waals surface area contributed by atoms with Gasteiger partial charge in [0.2, 0.25) is 5.82 Å². The van der Waals surface area contributed by atoms with Crippen LogP contribution in [-0.2, 0) is 9.47 Å². The van der Waals surface area contributed by atoms with Crippen molar-refractivity contribution >= 4 is 22.7 Å². The molecule has 0 saturated carbocycles. The third kappa shape index (κ3) is 4.64. The first-order valence-corrected chi connectivity index (χ1v) is 8.76. The van der Waals surface area contributed by atoms with Gasteiger partial charge in [0.15, 0.2) is 0 Å². The van der Waals surface area contributed by atoms with E-state index in [0.717, 1.165) is 56.7 Å². The minimum atomic E-state index is -0.496. The van der Waals surface area contributed by atoms with Crippen LogP contribution in [0.1, 0.15) is 24.0 Å². The van der Waals surface area contributed by atoms with E-state index in [1.165, 1.54) is 0 Å². The number of anilines is 1. The maximum atomic E-state index is 12.0. The molecule has 1 aliphatic heterocycles. The number of para-hydroxylation sites is 1. The van der Waals surface area contributed by atoms with Crippen molar-refractivity contribution in [1.29, 1.82) is 0 Å². The van der Waals surface area contributed by atoms with E-state index < -0.39 is 5.97 Å². The zero-order valence-corrected chi connectivity index (χ0v) is 14.5. The topological polar surface area (TPSA) is 76.6 Å². The molecule has 0 unspecified atom stereocenters. The maximum absolute atomic E-state index is 12.0. The second kappa shape index (κ2) is 8.73. The van der Waals surface area contributed by atoms with Crippen molar-refractivity contribution in [2.75, 3.05) is 51.3 Å². The molecule has 1 aromatic heterocycles. The van der Waals surface area contributed by atoms with Gasteiger partial charge in [0.1, 0.15) is 5.82 Å². The van der Waals surface area contributed by atoms with Crippen molar-refractivity contribution in [1.82, 2.24) is 14.9 Å². The van der Waals surface area contributed by atoms with Gasteiger partial charge in [-0.25, -0.2) is 14.8 Å². The largest absolute Gasteiger partial charge is 0.460 e. The Bertz CT molecular complexity index is 717. The molecule has 7 heteroatoms. The molecule has 1 aromatic carbocycles. The fourth-order valence-corrected chi connectivity index (χ4v) is 2.83. The number of benzene rings is 1. The number of hydrogen-bond acceptors (Lipinski definition) is 7. The SMILES string of the molecule is CCOC(=O)c1nc(NCCCN2CCOCC2)c2ccccc2n1. The van der Waals surface area contributed by atoms with Crippen molar-refractivity contribution in [3.8, 4) is 0 Å². The van der Waals surface area contributed by atoms with Gasteiger partial charge in [-0.2, -0.15) is 0 Å². The lowest BCUT2D eigenvalue weighted by Gasteiger charge is -2.26. The molecule has 0 bridgehead atoms. The maximum Gasteiger partial charge on any atom is 0.376 e. The van der Waals surface area contributed by atoms with E-state index >= 15 is 0 Å². The summed E-state index contributed by atoms with van der Waals surface area (Å²) in [5, 5.41) is 4.25. The van der Waals surface area contributed by atoms with Crippen molar-refractivity contribution in [3.63, 3.8) is 0 Å². The highest BCUT2D eigenvalue weighted by Gasteiger charge is 2.15. The lowest BCUT2D eigenvalue weighted by molar-refractivity contribution is 0.0378. The average molecular weight is 344 g/mol. The lowest BCUT2D eigenvalue weighted by Crippen LogP contribution is -2.37. The Hall–Kier alpha value is -2.25. The van der Waals surface area contributed by atoms with E-state index in [1.54, 1.807) is 6.92 Å². The summed E-state index contributed by atoms with van der Waals surface area (Å²) in [5.41, 5.74) is 0.733. The molecular formula is C18H24N4O3. The molecule has 2 aromatic rings. The summed E-state index contributed by atoms with van der Waals surface area (Å²) in [6.07, 6.45) is 0.993. The highest BCUT2D eigenvalue weighted by Crippen LogP contribution is 2.20. The predicted molar refractivity (Wildman–Crippen MR) is 95.9 cm³/mol. The van der Waals surface area contributed by atoms with Gasteiger partial charge in [-0.15, -0.1) is 0 Å². The van der Waals surface area contributed by atoms with E-state index in [1.807, 2.05) is 24.3 Å². The van der Waals surface area contributed by atoms with Crippen molar-refractivity contribution in [3.05, 3.63) is 30.1 Å². The molecule has 1 aliphatic rings. The zero-order chi connectivity index (χ0) is 17.5. The van der Waals surface area contributed by atoms with Crippen molar-refractivity contribution < 1.29 is 14.3 Å². The Kier molecular flexibility index (Phi) is 6.14. The van der Waals surface area contributed by atoms with E-state index in [2.05, 4.69) is 20.2 Å². The van der Waals surface area contributed by atoms with E-state index in [4.69, 9.17) is 9.47 Å². The highest BCUT2D eigenvalue weighted by atomic mass is 16.5. The first kappa shape index (κ1) is 17.6. The van der Waals surface area contributed by atoms with Crippen LogP contribution in [0, 0.1) is 0 Å². The molecule has 0 amide bonds. The van der Waals surface area contributed by atoms with Gasteiger partial charge in [0, 0.05) is 25.0 Å². The quantitative estimate of drug-likeness (QED) is 0.607. The van der Waals surface area contributed by atoms with Gasteiger partial charge in [0.25, 0.3) is 0 Å². The van der Waals surface area contributed by atoms with Crippen LogP contribution in [0.5, 0.6) is 0 Å². The van der Waals surface area contributed by atoms with E-state index in [0.29, 0.717) is 12.4 Å². The highest BCUT2D eigenvalue weighted by molar-refractivity contribution is 5.94. The molecule has 0 aliphatic carbocycles. The van der Waals surface area contributed by atoms with Crippen LogP contribution in [0.4, 0.5) is 5.82 Å². The Morgan fingerprint density at radius 3 is 2.88 bits per heavy atom. The van der Waals surface area contributed by atoms with Crippen LogP contribution in [-0.4, -0.2) is 66.8 Å². The Morgan fingerprint density at radius 2 is 2.08 bits per heavy atom.